The standard InChI is InChI=1S/C17H23NO4/c1-2-21-14(19)11-17(8-3-4-9-17)18-16(20)13-7-10-22-15(13)12-5-6-12/h7,10,12H,2-6,8-9,11H2,1H3,(H,18,20). The van der Waals surface area contributed by atoms with Crippen LogP contribution in [0, 0.1) is 0 Å². The molecule has 0 aromatic carbocycles. The molecule has 0 aliphatic heterocycles. The highest BCUT2D eigenvalue weighted by molar-refractivity contribution is 5.96. The van der Waals surface area contributed by atoms with Gasteiger partial charge >= 0.3 is 5.97 Å². The van der Waals surface area contributed by atoms with Gasteiger partial charge in [-0.15, -0.1) is 0 Å². The molecule has 2 aliphatic carbocycles. The number of ether oxygens (including phenoxy) is 1. The summed E-state index contributed by atoms with van der Waals surface area (Å²) in [7, 11) is 0. The molecule has 0 bridgehead atoms. The summed E-state index contributed by atoms with van der Waals surface area (Å²) in [4.78, 5) is 24.5. The number of hydrogen-bond donors (Lipinski definition) is 1. The molecule has 0 saturated heterocycles. The molecule has 0 atom stereocenters. The van der Waals surface area contributed by atoms with Crippen molar-refractivity contribution in [3.63, 3.8) is 0 Å². The second-order valence-electron chi connectivity index (χ2n) is 6.40. The Morgan fingerprint density at radius 2 is 2.09 bits per heavy atom. The fourth-order valence-electron chi connectivity index (χ4n) is 3.36. The molecule has 2 aliphatic rings. The first-order valence-electron chi connectivity index (χ1n) is 8.19. The summed E-state index contributed by atoms with van der Waals surface area (Å²) in [6.45, 7) is 2.17. The van der Waals surface area contributed by atoms with Crippen LogP contribution in [-0.2, 0) is 9.53 Å². The fraction of sp³-hybridized carbons (Fsp3) is 0.647. The van der Waals surface area contributed by atoms with Crippen molar-refractivity contribution in [2.45, 2.75) is 63.3 Å². The van der Waals surface area contributed by atoms with Crippen molar-refractivity contribution in [3.05, 3.63) is 23.7 Å². The van der Waals surface area contributed by atoms with Crippen LogP contribution in [0.15, 0.2) is 16.7 Å². The summed E-state index contributed by atoms with van der Waals surface area (Å²) < 4.78 is 10.5. The number of furan rings is 1. The zero-order valence-corrected chi connectivity index (χ0v) is 13.0. The maximum absolute atomic E-state index is 12.6. The van der Waals surface area contributed by atoms with E-state index >= 15 is 0 Å². The van der Waals surface area contributed by atoms with E-state index in [1.165, 1.54) is 0 Å². The van der Waals surface area contributed by atoms with Crippen LogP contribution in [-0.4, -0.2) is 24.0 Å². The molecule has 1 aromatic heterocycles. The van der Waals surface area contributed by atoms with Gasteiger partial charge in [0.05, 0.1) is 30.4 Å². The van der Waals surface area contributed by atoms with Gasteiger partial charge in [0.25, 0.3) is 5.91 Å². The van der Waals surface area contributed by atoms with Crippen molar-refractivity contribution in [1.29, 1.82) is 0 Å². The van der Waals surface area contributed by atoms with Crippen LogP contribution in [0.4, 0.5) is 0 Å². The van der Waals surface area contributed by atoms with Crippen molar-refractivity contribution in [2.24, 2.45) is 0 Å². The first-order chi connectivity index (χ1) is 10.6. The molecular weight excluding hydrogens is 282 g/mol. The first-order valence-corrected chi connectivity index (χ1v) is 8.19. The molecule has 2 saturated carbocycles. The number of nitrogens with one attached hydrogen (secondary N) is 1. The second kappa shape index (κ2) is 6.15. The number of esters is 1. The molecule has 5 nitrogen and oxygen atoms in total. The van der Waals surface area contributed by atoms with Crippen molar-refractivity contribution >= 4 is 11.9 Å². The monoisotopic (exact) mass is 305 g/mol. The Morgan fingerprint density at radius 3 is 2.73 bits per heavy atom. The van der Waals surface area contributed by atoms with Gasteiger partial charge in [-0.1, -0.05) is 12.8 Å². The second-order valence-corrected chi connectivity index (χ2v) is 6.40. The van der Waals surface area contributed by atoms with Gasteiger partial charge in [-0.05, 0) is 38.7 Å². The third-order valence-corrected chi connectivity index (χ3v) is 4.62. The van der Waals surface area contributed by atoms with Crippen molar-refractivity contribution < 1.29 is 18.7 Å². The van der Waals surface area contributed by atoms with Gasteiger partial charge in [0.1, 0.15) is 5.76 Å². The molecule has 1 aromatic rings. The molecular formula is C17H23NO4. The maximum atomic E-state index is 12.6. The predicted octanol–water partition coefficient (Wildman–Crippen LogP) is 3.15. The molecule has 3 rings (SSSR count). The highest BCUT2D eigenvalue weighted by Crippen LogP contribution is 2.42. The van der Waals surface area contributed by atoms with Crippen LogP contribution in [0.3, 0.4) is 0 Å². The number of carbonyl (C=O) groups excluding carboxylic acids is 2. The number of carbonyl (C=O) groups is 2. The summed E-state index contributed by atoms with van der Waals surface area (Å²) >= 11 is 0. The van der Waals surface area contributed by atoms with Crippen molar-refractivity contribution in [3.8, 4) is 0 Å². The molecule has 0 spiro atoms. The quantitative estimate of drug-likeness (QED) is 0.820. The van der Waals surface area contributed by atoms with Crippen LogP contribution >= 0.6 is 0 Å². The Bertz CT molecular complexity index is 553. The minimum absolute atomic E-state index is 0.123. The maximum Gasteiger partial charge on any atom is 0.308 e. The summed E-state index contributed by atoms with van der Waals surface area (Å²) in [5.41, 5.74) is 0.166. The molecule has 1 heterocycles. The predicted molar refractivity (Wildman–Crippen MR) is 80.6 cm³/mol. The van der Waals surface area contributed by atoms with Crippen molar-refractivity contribution in [2.75, 3.05) is 6.61 Å². The number of rotatable bonds is 6. The van der Waals surface area contributed by atoms with E-state index in [1.807, 2.05) is 0 Å². The van der Waals surface area contributed by atoms with E-state index < -0.39 is 5.54 Å². The zero-order chi connectivity index (χ0) is 15.6. The van der Waals surface area contributed by atoms with E-state index in [-0.39, 0.29) is 18.3 Å². The van der Waals surface area contributed by atoms with Crippen LogP contribution in [0.5, 0.6) is 0 Å². The van der Waals surface area contributed by atoms with E-state index in [2.05, 4.69) is 5.32 Å². The molecule has 0 radical (unpaired) electrons. The van der Waals surface area contributed by atoms with Gasteiger partial charge in [-0.25, -0.2) is 0 Å². The largest absolute Gasteiger partial charge is 0.468 e. The van der Waals surface area contributed by atoms with Crippen LogP contribution in [0.2, 0.25) is 0 Å². The Kier molecular flexibility index (Phi) is 4.23. The van der Waals surface area contributed by atoms with Gasteiger partial charge < -0.3 is 14.5 Å². The molecule has 120 valence electrons. The van der Waals surface area contributed by atoms with Gasteiger partial charge in [0.2, 0.25) is 0 Å². The van der Waals surface area contributed by atoms with Gasteiger partial charge in [0, 0.05) is 5.92 Å². The summed E-state index contributed by atoms with van der Waals surface area (Å²) in [6, 6.07) is 1.73. The lowest BCUT2D eigenvalue weighted by molar-refractivity contribution is -0.144. The lowest BCUT2D eigenvalue weighted by atomic mass is 9.92. The van der Waals surface area contributed by atoms with E-state index in [0.29, 0.717) is 18.1 Å². The first kappa shape index (κ1) is 15.1. The fourth-order valence-corrected chi connectivity index (χ4v) is 3.36. The SMILES string of the molecule is CCOC(=O)CC1(NC(=O)c2ccoc2C2CC2)CCCC1. The summed E-state index contributed by atoms with van der Waals surface area (Å²) in [6.07, 6.45) is 7.71. The Morgan fingerprint density at radius 1 is 1.36 bits per heavy atom. The van der Waals surface area contributed by atoms with Crippen LogP contribution < -0.4 is 5.32 Å². The average molecular weight is 305 g/mol. The van der Waals surface area contributed by atoms with Crippen LogP contribution in [0.1, 0.15) is 73.9 Å². The van der Waals surface area contributed by atoms with Crippen LogP contribution in [0.25, 0.3) is 0 Å². The third-order valence-electron chi connectivity index (χ3n) is 4.62. The Hall–Kier alpha value is -1.78. The lowest BCUT2D eigenvalue weighted by Crippen LogP contribution is -2.48. The van der Waals surface area contributed by atoms with Gasteiger partial charge in [-0.3, -0.25) is 9.59 Å². The normalized spacial score (nSPS) is 19.9. The topological polar surface area (TPSA) is 68.5 Å². The van der Waals surface area contributed by atoms with E-state index in [0.717, 1.165) is 44.3 Å². The van der Waals surface area contributed by atoms with Gasteiger partial charge in [-0.2, -0.15) is 0 Å². The average Bonchev–Trinajstić information content (AvgIpc) is 3.02. The molecule has 22 heavy (non-hydrogen) atoms. The summed E-state index contributed by atoms with van der Waals surface area (Å²) in [5, 5.41) is 3.11. The minimum atomic E-state index is -0.457. The van der Waals surface area contributed by atoms with E-state index in [4.69, 9.17) is 9.15 Å². The Balaban J connectivity index is 1.71. The molecule has 2 fully saturated rings. The van der Waals surface area contributed by atoms with E-state index in [9.17, 15) is 9.59 Å². The molecule has 0 unspecified atom stereocenters. The molecule has 1 N–H and O–H groups in total. The number of amides is 1. The highest BCUT2D eigenvalue weighted by Gasteiger charge is 2.39. The molecule has 1 amide bonds. The van der Waals surface area contributed by atoms with Crippen molar-refractivity contribution in [1.82, 2.24) is 5.32 Å². The number of hydrogen-bond acceptors (Lipinski definition) is 4. The van der Waals surface area contributed by atoms with E-state index in [1.54, 1.807) is 19.3 Å². The minimum Gasteiger partial charge on any atom is -0.468 e. The molecule has 5 heteroatoms. The summed E-state index contributed by atoms with van der Waals surface area (Å²) in [5.74, 6) is 0.822. The highest BCUT2D eigenvalue weighted by atomic mass is 16.5. The lowest BCUT2D eigenvalue weighted by Gasteiger charge is -2.29. The smallest absolute Gasteiger partial charge is 0.308 e. The Labute approximate surface area is 130 Å². The third kappa shape index (κ3) is 3.18. The van der Waals surface area contributed by atoms with Gasteiger partial charge in [0.15, 0.2) is 0 Å². The zero-order valence-electron chi connectivity index (χ0n) is 13.0.